The van der Waals surface area contributed by atoms with Gasteiger partial charge >= 0.3 is 0 Å². The Kier molecular flexibility index (Phi) is 4.04. The number of rotatable bonds is 4. The first kappa shape index (κ1) is 13.6. The van der Waals surface area contributed by atoms with Crippen LogP contribution in [-0.4, -0.2) is 23.9 Å². The molecule has 2 nitrogen and oxygen atoms in total. The number of carbonyl (C=O) groups excluding carboxylic acids is 1. The highest BCUT2D eigenvalue weighted by Crippen LogP contribution is 2.33. The Morgan fingerprint density at radius 1 is 1.30 bits per heavy atom. The second-order valence-electron chi connectivity index (χ2n) is 6.24. The van der Waals surface area contributed by atoms with Gasteiger partial charge in [-0.15, -0.1) is 0 Å². The molecule has 0 spiro atoms. The highest BCUT2D eigenvalue weighted by Gasteiger charge is 2.35. The van der Waals surface area contributed by atoms with Gasteiger partial charge in [-0.1, -0.05) is 12.1 Å². The fraction of sp³-hybridized carbons (Fsp3) is 0.588. The van der Waals surface area contributed by atoms with Gasteiger partial charge < -0.3 is 4.90 Å². The van der Waals surface area contributed by atoms with Crippen molar-refractivity contribution >= 4 is 5.91 Å². The van der Waals surface area contributed by atoms with E-state index in [1.165, 1.54) is 12.5 Å². The Hall–Kier alpha value is -1.38. The lowest BCUT2D eigenvalue weighted by atomic mass is 9.91. The lowest BCUT2D eigenvalue weighted by Crippen LogP contribution is -2.40. The van der Waals surface area contributed by atoms with E-state index in [1.807, 2.05) is 6.07 Å². The monoisotopic (exact) mass is 275 g/mol. The molecule has 0 radical (unpaired) electrons. The second kappa shape index (κ2) is 5.94. The van der Waals surface area contributed by atoms with Crippen LogP contribution in [0.4, 0.5) is 4.39 Å². The molecular formula is C17H22FNO. The van der Waals surface area contributed by atoms with Gasteiger partial charge in [-0.25, -0.2) is 4.39 Å². The molecule has 1 heterocycles. The van der Waals surface area contributed by atoms with Crippen molar-refractivity contribution in [3.63, 3.8) is 0 Å². The van der Waals surface area contributed by atoms with Crippen molar-refractivity contribution in [2.75, 3.05) is 13.1 Å². The van der Waals surface area contributed by atoms with Gasteiger partial charge in [0.05, 0.1) is 0 Å². The van der Waals surface area contributed by atoms with E-state index in [2.05, 4.69) is 4.90 Å². The van der Waals surface area contributed by atoms with Crippen LogP contribution in [0.5, 0.6) is 0 Å². The van der Waals surface area contributed by atoms with Crippen molar-refractivity contribution in [1.82, 2.24) is 4.90 Å². The summed E-state index contributed by atoms with van der Waals surface area (Å²) < 4.78 is 13.1. The number of nitrogens with zero attached hydrogens (tertiary/aromatic N) is 1. The normalized spacial score (nSPS) is 22.9. The van der Waals surface area contributed by atoms with Crippen LogP contribution in [0.25, 0.3) is 0 Å². The lowest BCUT2D eigenvalue weighted by Gasteiger charge is -2.33. The van der Waals surface area contributed by atoms with Crippen LogP contribution in [0.3, 0.4) is 0 Å². The van der Waals surface area contributed by atoms with Crippen molar-refractivity contribution < 1.29 is 9.18 Å². The molecule has 108 valence electrons. The van der Waals surface area contributed by atoms with Crippen LogP contribution >= 0.6 is 0 Å². The summed E-state index contributed by atoms with van der Waals surface area (Å²) >= 11 is 0. The van der Waals surface area contributed by atoms with Crippen molar-refractivity contribution in [3.8, 4) is 0 Å². The summed E-state index contributed by atoms with van der Waals surface area (Å²) in [7, 11) is 0. The molecule has 3 heteroatoms. The number of likely N-dealkylation sites (tertiary alicyclic amines) is 1. The second-order valence-corrected chi connectivity index (χ2v) is 6.24. The van der Waals surface area contributed by atoms with Crippen molar-refractivity contribution in [2.24, 2.45) is 11.8 Å². The standard InChI is InChI=1S/C17H22FNO/c18-16-5-1-3-13(11-16)6-7-14-4-2-10-19(12-14)17(20)15-8-9-15/h1,3,5,11,14-15H,2,4,6-10,12H2. The Morgan fingerprint density at radius 3 is 2.90 bits per heavy atom. The van der Waals surface area contributed by atoms with Crippen LogP contribution in [-0.2, 0) is 11.2 Å². The summed E-state index contributed by atoms with van der Waals surface area (Å²) in [4.78, 5) is 14.2. The number of amides is 1. The zero-order chi connectivity index (χ0) is 13.9. The van der Waals surface area contributed by atoms with Gasteiger partial charge in [0.2, 0.25) is 5.91 Å². The predicted molar refractivity (Wildman–Crippen MR) is 76.7 cm³/mol. The zero-order valence-electron chi connectivity index (χ0n) is 11.9. The fourth-order valence-corrected chi connectivity index (χ4v) is 3.15. The van der Waals surface area contributed by atoms with Crippen LogP contribution in [0.15, 0.2) is 24.3 Å². The molecule has 0 aromatic heterocycles. The van der Waals surface area contributed by atoms with Crippen molar-refractivity contribution in [3.05, 3.63) is 35.6 Å². The molecule has 0 bridgehead atoms. The number of benzene rings is 1. The van der Waals surface area contributed by atoms with Crippen LogP contribution in [0.1, 0.15) is 37.7 Å². The SMILES string of the molecule is O=C(C1CC1)N1CCCC(CCc2cccc(F)c2)C1. The molecule has 1 saturated heterocycles. The average molecular weight is 275 g/mol. The predicted octanol–water partition coefficient (Wildman–Crippen LogP) is 3.41. The topological polar surface area (TPSA) is 20.3 Å². The molecule has 20 heavy (non-hydrogen) atoms. The number of halogens is 1. The minimum Gasteiger partial charge on any atom is -0.342 e. The van der Waals surface area contributed by atoms with E-state index in [0.29, 0.717) is 17.7 Å². The fourth-order valence-electron chi connectivity index (χ4n) is 3.15. The molecule has 1 aromatic carbocycles. The maximum atomic E-state index is 13.1. The minimum absolute atomic E-state index is 0.156. The molecule has 1 unspecified atom stereocenters. The number of hydrogen-bond donors (Lipinski definition) is 0. The van der Waals surface area contributed by atoms with Gasteiger partial charge in [-0.05, 0) is 62.1 Å². The molecule has 0 N–H and O–H groups in total. The maximum Gasteiger partial charge on any atom is 0.225 e. The van der Waals surface area contributed by atoms with Crippen LogP contribution < -0.4 is 0 Å². The highest BCUT2D eigenvalue weighted by atomic mass is 19.1. The van der Waals surface area contributed by atoms with E-state index in [9.17, 15) is 9.18 Å². The molecule has 2 aliphatic rings. The molecular weight excluding hydrogens is 253 g/mol. The summed E-state index contributed by atoms with van der Waals surface area (Å²) in [5.41, 5.74) is 1.07. The number of piperidine rings is 1. The largest absolute Gasteiger partial charge is 0.342 e. The Bertz CT molecular complexity index is 484. The number of aryl methyl sites for hydroxylation is 1. The van der Waals surface area contributed by atoms with Gasteiger partial charge in [0.15, 0.2) is 0 Å². The molecule has 1 atom stereocenters. The van der Waals surface area contributed by atoms with E-state index in [-0.39, 0.29) is 5.82 Å². The van der Waals surface area contributed by atoms with Gasteiger partial charge in [0.25, 0.3) is 0 Å². The highest BCUT2D eigenvalue weighted by molar-refractivity contribution is 5.81. The summed E-state index contributed by atoms with van der Waals surface area (Å²) in [6.45, 7) is 1.84. The maximum absolute atomic E-state index is 13.1. The average Bonchev–Trinajstić information content (AvgIpc) is 3.29. The van der Waals surface area contributed by atoms with E-state index >= 15 is 0 Å². The smallest absolute Gasteiger partial charge is 0.225 e. The number of hydrogen-bond acceptors (Lipinski definition) is 1. The third-order valence-electron chi connectivity index (χ3n) is 4.49. The Morgan fingerprint density at radius 2 is 2.15 bits per heavy atom. The quantitative estimate of drug-likeness (QED) is 0.824. The first-order valence-corrected chi connectivity index (χ1v) is 7.75. The van der Waals surface area contributed by atoms with Gasteiger partial charge in [-0.3, -0.25) is 4.79 Å². The third kappa shape index (κ3) is 3.38. The molecule has 2 fully saturated rings. The first-order chi connectivity index (χ1) is 9.72. The molecule has 1 amide bonds. The van der Waals surface area contributed by atoms with E-state index in [0.717, 1.165) is 50.8 Å². The summed E-state index contributed by atoms with van der Waals surface area (Å²) in [5, 5.41) is 0. The summed E-state index contributed by atoms with van der Waals surface area (Å²) in [6, 6.07) is 6.86. The molecule has 1 saturated carbocycles. The zero-order valence-corrected chi connectivity index (χ0v) is 11.9. The van der Waals surface area contributed by atoms with Crippen LogP contribution in [0.2, 0.25) is 0 Å². The van der Waals surface area contributed by atoms with E-state index in [4.69, 9.17) is 0 Å². The molecule has 1 aliphatic heterocycles. The minimum atomic E-state index is -0.156. The van der Waals surface area contributed by atoms with E-state index in [1.54, 1.807) is 12.1 Å². The first-order valence-electron chi connectivity index (χ1n) is 7.75. The summed E-state index contributed by atoms with van der Waals surface area (Å²) in [6.07, 6.45) is 6.45. The molecule has 1 aliphatic carbocycles. The lowest BCUT2D eigenvalue weighted by molar-refractivity contribution is -0.134. The Balaban J connectivity index is 1.51. The van der Waals surface area contributed by atoms with Crippen molar-refractivity contribution in [2.45, 2.75) is 38.5 Å². The van der Waals surface area contributed by atoms with E-state index < -0.39 is 0 Å². The molecule has 1 aromatic rings. The van der Waals surface area contributed by atoms with Gasteiger partial charge in [0.1, 0.15) is 5.82 Å². The Labute approximate surface area is 120 Å². The third-order valence-corrected chi connectivity index (χ3v) is 4.49. The summed E-state index contributed by atoms with van der Waals surface area (Å²) in [5.74, 6) is 1.13. The van der Waals surface area contributed by atoms with Crippen molar-refractivity contribution in [1.29, 1.82) is 0 Å². The molecule has 3 rings (SSSR count). The van der Waals surface area contributed by atoms with Gasteiger partial charge in [0, 0.05) is 19.0 Å². The van der Waals surface area contributed by atoms with Gasteiger partial charge in [-0.2, -0.15) is 0 Å². The van der Waals surface area contributed by atoms with Crippen LogP contribution in [0, 0.1) is 17.7 Å². The number of carbonyl (C=O) groups is 1.